The summed E-state index contributed by atoms with van der Waals surface area (Å²) in [5.41, 5.74) is -0.991. The fourth-order valence-corrected chi connectivity index (χ4v) is 2.28. The first kappa shape index (κ1) is 15.1. The standard InChI is InChI=1S/C18H16O5/c1-18(2,17(20)21)10-22-11-7-8-13-12-5-3-4-6-14(12)16(19)23-15(13)9-11/h3-9H,10H2,1-2H3,(H,20,21). The molecule has 3 rings (SSSR count). The van der Waals surface area contributed by atoms with Crippen molar-refractivity contribution < 1.29 is 19.1 Å². The second kappa shape index (κ2) is 5.43. The molecule has 23 heavy (non-hydrogen) atoms. The van der Waals surface area contributed by atoms with Crippen molar-refractivity contribution in [3.63, 3.8) is 0 Å². The number of rotatable bonds is 4. The van der Waals surface area contributed by atoms with Gasteiger partial charge in [-0.3, -0.25) is 4.79 Å². The van der Waals surface area contributed by atoms with Gasteiger partial charge in [-0.05, 0) is 37.4 Å². The highest BCUT2D eigenvalue weighted by Crippen LogP contribution is 2.27. The Hall–Kier alpha value is -2.82. The summed E-state index contributed by atoms with van der Waals surface area (Å²) in [6.07, 6.45) is 0. The van der Waals surface area contributed by atoms with Crippen LogP contribution in [0.5, 0.6) is 5.75 Å². The number of carboxylic acids is 1. The van der Waals surface area contributed by atoms with Gasteiger partial charge in [-0.2, -0.15) is 0 Å². The highest BCUT2D eigenvalue weighted by Gasteiger charge is 2.28. The molecule has 5 heteroatoms. The Balaban J connectivity index is 2.01. The maximum atomic E-state index is 12.0. The molecule has 1 aromatic heterocycles. The molecule has 1 N–H and O–H groups in total. The van der Waals surface area contributed by atoms with E-state index < -0.39 is 17.0 Å². The molecule has 0 fully saturated rings. The summed E-state index contributed by atoms with van der Waals surface area (Å²) in [6, 6.07) is 12.4. The third-order valence-corrected chi connectivity index (χ3v) is 3.77. The van der Waals surface area contributed by atoms with Gasteiger partial charge in [0, 0.05) is 11.5 Å². The Morgan fingerprint density at radius 1 is 1.13 bits per heavy atom. The number of ether oxygens (including phenoxy) is 1. The maximum absolute atomic E-state index is 12.0. The molecular formula is C18H16O5. The van der Waals surface area contributed by atoms with E-state index in [0.29, 0.717) is 16.7 Å². The zero-order valence-corrected chi connectivity index (χ0v) is 12.8. The molecule has 118 valence electrons. The second-order valence-electron chi connectivity index (χ2n) is 6.07. The SMILES string of the molecule is CC(C)(COc1ccc2c(c1)oc(=O)c1ccccc12)C(=O)O. The van der Waals surface area contributed by atoms with E-state index in [0.717, 1.165) is 10.8 Å². The second-order valence-corrected chi connectivity index (χ2v) is 6.07. The number of carbonyl (C=O) groups is 1. The summed E-state index contributed by atoms with van der Waals surface area (Å²) in [5.74, 6) is -0.471. The van der Waals surface area contributed by atoms with E-state index in [4.69, 9.17) is 14.3 Å². The van der Waals surface area contributed by atoms with Crippen molar-refractivity contribution in [1.29, 1.82) is 0 Å². The van der Waals surface area contributed by atoms with E-state index in [1.807, 2.05) is 18.2 Å². The highest BCUT2D eigenvalue weighted by molar-refractivity contribution is 6.04. The monoisotopic (exact) mass is 312 g/mol. The number of hydrogen-bond acceptors (Lipinski definition) is 4. The zero-order chi connectivity index (χ0) is 16.6. The molecule has 0 aliphatic rings. The molecule has 1 heterocycles. The van der Waals surface area contributed by atoms with Gasteiger partial charge in [-0.1, -0.05) is 18.2 Å². The largest absolute Gasteiger partial charge is 0.492 e. The van der Waals surface area contributed by atoms with Crippen LogP contribution in [0.2, 0.25) is 0 Å². The predicted molar refractivity (Wildman–Crippen MR) is 86.9 cm³/mol. The Kier molecular flexibility index (Phi) is 3.56. The summed E-state index contributed by atoms with van der Waals surface area (Å²) in [5, 5.41) is 11.3. The topological polar surface area (TPSA) is 76.7 Å². The average Bonchev–Trinajstić information content (AvgIpc) is 2.53. The minimum atomic E-state index is -1.00. The van der Waals surface area contributed by atoms with Gasteiger partial charge < -0.3 is 14.3 Å². The van der Waals surface area contributed by atoms with Crippen molar-refractivity contribution in [2.45, 2.75) is 13.8 Å². The summed E-state index contributed by atoms with van der Waals surface area (Å²) >= 11 is 0. The molecule has 0 radical (unpaired) electrons. The molecule has 0 aliphatic carbocycles. The van der Waals surface area contributed by atoms with E-state index in [-0.39, 0.29) is 6.61 Å². The highest BCUT2D eigenvalue weighted by atomic mass is 16.5. The smallest absolute Gasteiger partial charge is 0.344 e. The van der Waals surface area contributed by atoms with Gasteiger partial charge >= 0.3 is 11.6 Å². The number of carboxylic acid groups (broad SMARTS) is 1. The van der Waals surface area contributed by atoms with Gasteiger partial charge in [-0.15, -0.1) is 0 Å². The van der Waals surface area contributed by atoms with Gasteiger partial charge in [0.15, 0.2) is 0 Å². The van der Waals surface area contributed by atoms with Gasteiger partial charge in [0.1, 0.15) is 17.9 Å². The first-order valence-corrected chi connectivity index (χ1v) is 7.20. The summed E-state index contributed by atoms with van der Waals surface area (Å²) < 4.78 is 10.9. The number of fused-ring (bicyclic) bond motifs is 3. The summed E-state index contributed by atoms with van der Waals surface area (Å²) in [7, 11) is 0. The lowest BCUT2D eigenvalue weighted by Gasteiger charge is -2.19. The molecule has 2 aromatic carbocycles. The van der Waals surface area contributed by atoms with Gasteiger partial charge in [0.25, 0.3) is 0 Å². The Bertz CT molecular complexity index is 952. The molecule has 5 nitrogen and oxygen atoms in total. The Labute approximate surface area is 132 Å². The van der Waals surface area contributed by atoms with Gasteiger partial charge in [-0.25, -0.2) is 4.79 Å². The molecule has 3 aromatic rings. The van der Waals surface area contributed by atoms with E-state index in [2.05, 4.69) is 0 Å². The fourth-order valence-electron chi connectivity index (χ4n) is 2.28. The summed E-state index contributed by atoms with van der Waals surface area (Å²) in [6.45, 7) is 3.19. The predicted octanol–water partition coefficient (Wildman–Crippen LogP) is 3.44. The van der Waals surface area contributed by atoms with Gasteiger partial charge in [0.05, 0.1) is 10.8 Å². The van der Waals surface area contributed by atoms with Crippen LogP contribution in [0.3, 0.4) is 0 Å². The van der Waals surface area contributed by atoms with Crippen LogP contribution in [0, 0.1) is 5.41 Å². The van der Waals surface area contributed by atoms with Crippen LogP contribution in [-0.2, 0) is 4.79 Å². The van der Waals surface area contributed by atoms with Crippen molar-refractivity contribution >= 4 is 27.7 Å². The molecule has 0 bridgehead atoms. The van der Waals surface area contributed by atoms with Gasteiger partial charge in [0.2, 0.25) is 0 Å². The molecule has 0 unspecified atom stereocenters. The zero-order valence-electron chi connectivity index (χ0n) is 12.8. The van der Waals surface area contributed by atoms with E-state index in [1.54, 1.807) is 38.1 Å². The van der Waals surface area contributed by atoms with Crippen LogP contribution in [0.15, 0.2) is 51.7 Å². The van der Waals surface area contributed by atoms with Crippen molar-refractivity contribution in [2.24, 2.45) is 5.41 Å². The number of aliphatic carboxylic acids is 1. The maximum Gasteiger partial charge on any atom is 0.344 e. The minimum absolute atomic E-state index is 0.0195. The van der Waals surface area contributed by atoms with E-state index >= 15 is 0 Å². The normalized spacial score (nSPS) is 11.7. The number of hydrogen-bond donors (Lipinski definition) is 1. The molecule has 0 saturated carbocycles. The van der Waals surface area contributed by atoms with Crippen LogP contribution in [0.1, 0.15) is 13.8 Å². The van der Waals surface area contributed by atoms with E-state index in [1.165, 1.54) is 0 Å². The van der Waals surface area contributed by atoms with Crippen LogP contribution in [0.25, 0.3) is 21.7 Å². The van der Waals surface area contributed by atoms with Crippen LogP contribution in [-0.4, -0.2) is 17.7 Å². The average molecular weight is 312 g/mol. The molecule has 0 saturated heterocycles. The first-order chi connectivity index (χ1) is 10.9. The van der Waals surface area contributed by atoms with Crippen molar-refractivity contribution in [3.8, 4) is 5.75 Å². The molecule has 0 aliphatic heterocycles. The van der Waals surface area contributed by atoms with Crippen LogP contribution >= 0.6 is 0 Å². The Morgan fingerprint density at radius 3 is 2.52 bits per heavy atom. The molecule has 0 atom stereocenters. The lowest BCUT2D eigenvalue weighted by Crippen LogP contribution is -2.30. The minimum Gasteiger partial charge on any atom is -0.492 e. The number of benzene rings is 2. The van der Waals surface area contributed by atoms with E-state index in [9.17, 15) is 9.59 Å². The van der Waals surface area contributed by atoms with Crippen molar-refractivity contribution in [2.75, 3.05) is 6.61 Å². The third kappa shape index (κ3) is 2.77. The Morgan fingerprint density at radius 2 is 1.83 bits per heavy atom. The summed E-state index contributed by atoms with van der Waals surface area (Å²) in [4.78, 5) is 23.1. The third-order valence-electron chi connectivity index (χ3n) is 3.77. The van der Waals surface area contributed by atoms with Crippen molar-refractivity contribution in [1.82, 2.24) is 0 Å². The lowest BCUT2D eigenvalue weighted by atomic mass is 9.95. The lowest BCUT2D eigenvalue weighted by molar-refractivity contribution is -0.148. The molecule has 0 amide bonds. The van der Waals surface area contributed by atoms with Crippen LogP contribution < -0.4 is 10.4 Å². The van der Waals surface area contributed by atoms with Crippen molar-refractivity contribution in [3.05, 3.63) is 52.9 Å². The van der Waals surface area contributed by atoms with Crippen LogP contribution in [0.4, 0.5) is 0 Å². The first-order valence-electron chi connectivity index (χ1n) is 7.20. The fraction of sp³-hybridized carbons (Fsp3) is 0.222. The molecule has 0 spiro atoms. The molecular weight excluding hydrogens is 296 g/mol. The quantitative estimate of drug-likeness (QED) is 0.590.